The molecule has 0 amide bonds. The molecule has 0 aliphatic carbocycles. The highest BCUT2D eigenvalue weighted by molar-refractivity contribution is 6.30. The number of nitrogens with one attached hydrogen (secondary N) is 1. The number of carbonyl (C=O) groups is 1. The molecule has 3 aromatic rings. The molecule has 0 aliphatic rings. The molecular formula is C20H19ClN2O4. The van der Waals surface area contributed by atoms with Gasteiger partial charge in [0.25, 0.3) is 0 Å². The van der Waals surface area contributed by atoms with Gasteiger partial charge >= 0.3 is 5.97 Å². The van der Waals surface area contributed by atoms with Crippen molar-refractivity contribution in [2.24, 2.45) is 0 Å². The van der Waals surface area contributed by atoms with Crippen LogP contribution in [-0.2, 0) is 4.74 Å². The Morgan fingerprint density at radius 3 is 2.37 bits per heavy atom. The van der Waals surface area contributed by atoms with Crippen LogP contribution in [0.2, 0.25) is 5.02 Å². The molecule has 0 fully saturated rings. The fourth-order valence-corrected chi connectivity index (χ4v) is 2.69. The van der Waals surface area contributed by atoms with Crippen LogP contribution < -0.4 is 4.74 Å². The molecular weight excluding hydrogens is 368 g/mol. The number of imidazole rings is 1. The average Bonchev–Trinajstić information content (AvgIpc) is 3.12. The number of carboxylic acids is 1. The number of aromatic amines is 1. The van der Waals surface area contributed by atoms with Crippen LogP contribution >= 0.6 is 11.6 Å². The van der Waals surface area contributed by atoms with E-state index in [-0.39, 0.29) is 5.69 Å². The van der Waals surface area contributed by atoms with Crippen molar-refractivity contribution in [3.63, 3.8) is 0 Å². The van der Waals surface area contributed by atoms with E-state index in [0.29, 0.717) is 47.7 Å². The van der Waals surface area contributed by atoms with Gasteiger partial charge in [0.1, 0.15) is 18.2 Å². The molecule has 0 saturated heterocycles. The van der Waals surface area contributed by atoms with Crippen LogP contribution in [0, 0.1) is 0 Å². The van der Waals surface area contributed by atoms with Gasteiger partial charge in [-0.3, -0.25) is 0 Å². The number of nitrogens with zero attached hydrogens (tertiary/aromatic N) is 1. The number of carboxylic acid groups (broad SMARTS) is 1. The number of hydrogen-bond donors (Lipinski definition) is 2. The normalized spacial score (nSPS) is 10.7. The lowest BCUT2D eigenvalue weighted by Crippen LogP contribution is -2.06. The second-order valence-electron chi connectivity index (χ2n) is 5.69. The van der Waals surface area contributed by atoms with Crippen molar-refractivity contribution in [2.45, 2.75) is 6.92 Å². The predicted molar refractivity (Wildman–Crippen MR) is 103 cm³/mol. The molecule has 0 atom stereocenters. The van der Waals surface area contributed by atoms with Crippen LogP contribution in [0.3, 0.4) is 0 Å². The SMILES string of the molecule is CCOCCOc1ccc(-c2nc(C(=O)O)c(-c3ccc(Cl)cc3)[nH]2)cc1. The minimum absolute atomic E-state index is 0.0376. The maximum Gasteiger partial charge on any atom is 0.356 e. The zero-order valence-electron chi connectivity index (χ0n) is 14.7. The highest BCUT2D eigenvalue weighted by atomic mass is 35.5. The molecule has 0 bridgehead atoms. The lowest BCUT2D eigenvalue weighted by molar-refractivity contribution is 0.0692. The summed E-state index contributed by atoms with van der Waals surface area (Å²) >= 11 is 5.91. The minimum atomic E-state index is -1.10. The van der Waals surface area contributed by atoms with Gasteiger partial charge in [-0.05, 0) is 43.3 Å². The number of benzene rings is 2. The van der Waals surface area contributed by atoms with E-state index >= 15 is 0 Å². The van der Waals surface area contributed by atoms with E-state index in [1.54, 1.807) is 24.3 Å². The van der Waals surface area contributed by atoms with Crippen LogP contribution in [0.4, 0.5) is 0 Å². The number of halogens is 1. The Morgan fingerprint density at radius 2 is 1.74 bits per heavy atom. The minimum Gasteiger partial charge on any atom is -0.491 e. The average molecular weight is 387 g/mol. The lowest BCUT2D eigenvalue weighted by Gasteiger charge is -2.06. The Morgan fingerprint density at radius 1 is 1.07 bits per heavy atom. The zero-order valence-corrected chi connectivity index (χ0v) is 15.5. The molecule has 27 heavy (non-hydrogen) atoms. The fourth-order valence-electron chi connectivity index (χ4n) is 2.56. The standard InChI is InChI=1S/C20H19ClN2O4/c1-2-26-11-12-27-16-9-5-14(6-10-16)19-22-17(18(23-19)20(24)25)13-3-7-15(21)8-4-13/h3-10H,2,11-12H2,1H3,(H,22,23)(H,24,25). The molecule has 0 aliphatic heterocycles. The van der Waals surface area contributed by atoms with Crippen molar-refractivity contribution in [3.05, 3.63) is 59.2 Å². The van der Waals surface area contributed by atoms with Crippen molar-refractivity contribution in [3.8, 4) is 28.4 Å². The summed E-state index contributed by atoms with van der Waals surface area (Å²) in [5.74, 6) is 0.0814. The summed E-state index contributed by atoms with van der Waals surface area (Å²) in [6, 6.07) is 14.2. The lowest BCUT2D eigenvalue weighted by atomic mass is 10.1. The summed E-state index contributed by atoms with van der Waals surface area (Å²) in [6.45, 7) is 3.59. The van der Waals surface area contributed by atoms with E-state index in [0.717, 1.165) is 5.56 Å². The Kier molecular flexibility index (Phi) is 6.11. The number of aromatic nitrogens is 2. The molecule has 3 rings (SSSR count). The van der Waals surface area contributed by atoms with Gasteiger partial charge in [0, 0.05) is 22.8 Å². The molecule has 0 unspecified atom stereocenters. The molecule has 6 nitrogen and oxygen atoms in total. The van der Waals surface area contributed by atoms with Crippen LogP contribution in [0.25, 0.3) is 22.6 Å². The summed E-state index contributed by atoms with van der Waals surface area (Å²) < 4.78 is 10.8. The van der Waals surface area contributed by atoms with Crippen molar-refractivity contribution in [2.75, 3.05) is 19.8 Å². The highest BCUT2D eigenvalue weighted by Gasteiger charge is 2.19. The summed E-state index contributed by atoms with van der Waals surface area (Å²) in [6.07, 6.45) is 0. The fraction of sp³-hybridized carbons (Fsp3) is 0.200. The maximum absolute atomic E-state index is 11.6. The quantitative estimate of drug-likeness (QED) is 0.556. The van der Waals surface area contributed by atoms with Crippen LogP contribution in [0.15, 0.2) is 48.5 Å². The van der Waals surface area contributed by atoms with Gasteiger partial charge in [-0.25, -0.2) is 9.78 Å². The third-order valence-electron chi connectivity index (χ3n) is 3.87. The van der Waals surface area contributed by atoms with E-state index in [1.165, 1.54) is 0 Å². The topological polar surface area (TPSA) is 84.4 Å². The largest absolute Gasteiger partial charge is 0.491 e. The predicted octanol–water partition coefficient (Wildman–Crippen LogP) is 4.51. The number of hydrogen-bond acceptors (Lipinski definition) is 4. The molecule has 140 valence electrons. The number of H-pyrrole nitrogens is 1. The van der Waals surface area contributed by atoms with Crippen LogP contribution in [-0.4, -0.2) is 40.9 Å². The highest BCUT2D eigenvalue weighted by Crippen LogP contribution is 2.28. The van der Waals surface area contributed by atoms with E-state index in [2.05, 4.69) is 9.97 Å². The maximum atomic E-state index is 11.6. The summed E-state index contributed by atoms with van der Waals surface area (Å²) in [5, 5.41) is 10.1. The van der Waals surface area contributed by atoms with Crippen molar-refractivity contribution in [1.82, 2.24) is 9.97 Å². The van der Waals surface area contributed by atoms with Gasteiger partial charge in [0.05, 0.1) is 12.3 Å². The summed E-state index contributed by atoms with van der Waals surface area (Å²) in [5.41, 5.74) is 1.86. The molecule has 2 aromatic carbocycles. The second-order valence-corrected chi connectivity index (χ2v) is 6.13. The molecule has 1 heterocycles. The third-order valence-corrected chi connectivity index (χ3v) is 4.12. The van der Waals surface area contributed by atoms with Gasteiger partial charge in [0.15, 0.2) is 5.69 Å². The summed E-state index contributed by atoms with van der Waals surface area (Å²) in [4.78, 5) is 18.9. The van der Waals surface area contributed by atoms with Gasteiger partial charge < -0.3 is 19.6 Å². The van der Waals surface area contributed by atoms with Crippen LogP contribution in [0.1, 0.15) is 17.4 Å². The van der Waals surface area contributed by atoms with Crippen molar-refractivity contribution >= 4 is 17.6 Å². The molecule has 0 saturated carbocycles. The van der Waals surface area contributed by atoms with Crippen molar-refractivity contribution < 1.29 is 19.4 Å². The molecule has 0 radical (unpaired) electrons. The van der Waals surface area contributed by atoms with Gasteiger partial charge in [0.2, 0.25) is 0 Å². The Balaban J connectivity index is 1.83. The van der Waals surface area contributed by atoms with Gasteiger partial charge in [-0.1, -0.05) is 23.7 Å². The number of rotatable bonds is 8. The first-order chi connectivity index (χ1) is 13.1. The first-order valence-electron chi connectivity index (χ1n) is 8.48. The Hall–Kier alpha value is -2.83. The first-order valence-corrected chi connectivity index (χ1v) is 8.86. The summed E-state index contributed by atoms with van der Waals surface area (Å²) in [7, 11) is 0. The Bertz CT molecular complexity index is 905. The smallest absolute Gasteiger partial charge is 0.356 e. The third kappa shape index (κ3) is 4.67. The monoisotopic (exact) mass is 386 g/mol. The van der Waals surface area contributed by atoms with E-state index in [9.17, 15) is 9.90 Å². The van der Waals surface area contributed by atoms with Gasteiger partial charge in [-0.15, -0.1) is 0 Å². The molecule has 0 spiro atoms. The molecule has 7 heteroatoms. The zero-order chi connectivity index (χ0) is 19.2. The van der Waals surface area contributed by atoms with E-state index in [4.69, 9.17) is 21.1 Å². The van der Waals surface area contributed by atoms with E-state index in [1.807, 2.05) is 31.2 Å². The number of aromatic carboxylic acids is 1. The Labute approximate surface area is 161 Å². The van der Waals surface area contributed by atoms with Crippen molar-refractivity contribution in [1.29, 1.82) is 0 Å². The van der Waals surface area contributed by atoms with E-state index < -0.39 is 5.97 Å². The molecule has 1 aromatic heterocycles. The number of ether oxygens (including phenoxy) is 2. The molecule has 2 N–H and O–H groups in total. The second kappa shape index (κ2) is 8.70. The van der Waals surface area contributed by atoms with Crippen LogP contribution in [0.5, 0.6) is 5.75 Å². The van der Waals surface area contributed by atoms with Gasteiger partial charge in [-0.2, -0.15) is 0 Å². The first kappa shape index (κ1) is 18.9.